The van der Waals surface area contributed by atoms with E-state index in [1.165, 1.54) is 12.1 Å². The number of carbonyl (C=O) groups is 1. The van der Waals surface area contributed by atoms with Crippen LogP contribution in [-0.4, -0.2) is 48.5 Å². The normalized spacial score (nSPS) is 14.9. The van der Waals surface area contributed by atoms with Crippen molar-refractivity contribution < 1.29 is 14.5 Å². The number of nitrogens with zero attached hydrogens (tertiary/aromatic N) is 2. The van der Waals surface area contributed by atoms with Gasteiger partial charge in [-0.05, 0) is 19.1 Å². The van der Waals surface area contributed by atoms with Crippen LogP contribution >= 0.6 is 0 Å². The van der Waals surface area contributed by atoms with Crippen LogP contribution in [0, 0.1) is 17.0 Å². The third-order valence-corrected chi connectivity index (χ3v) is 3.20. The minimum atomic E-state index is -0.439. The van der Waals surface area contributed by atoms with E-state index in [9.17, 15) is 14.9 Å². The first kappa shape index (κ1) is 14.3. The van der Waals surface area contributed by atoms with Gasteiger partial charge in [0, 0.05) is 37.8 Å². The molecular weight excluding hydrogens is 262 g/mol. The second-order valence-corrected chi connectivity index (χ2v) is 4.62. The van der Waals surface area contributed by atoms with Crippen LogP contribution in [0.5, 0.6) is 5.75 Å². The Labute approximate surface area is 116 Å². The third-order valence-electron chi connectivity index (χ3n) is 3.20. The van der Waals surface area contributed by atoms with Gasteiger partial charge in [-0.15, -0.1) is 0 Å². The number of nitrogens with one attached hydrogen (secondary N) is 1. The highest BCUT2D eigenvalue weighted by Crippen LogP contribution is 2.22. The molecule has 0 spiro atoms. The van der Waals surface area contributed by atoms with Crippen LogP contribution in [0.1, 0.15) is 5.56 Å². The molecule has 0 saturated carbocycles. The van der Waals surface area contributed by atoms with E-state index >= 15 is 0 Å². The average Bonchev–Trinajstić information content (AvgIpc) is 2.45. The number of hydrogen-bond donors (Lipinski definition) is 1. The molecule has 0 radical (unpaired) electrons. The van der Waals surface area contributed by atoms with E-state index in [0.29, 0.717) is 24.4 Å². The van der Waals surface area contributed by atoms with Gasteiger partial charge in [0.15, 0.2) is 6.61 Å². The maximum atomic E-state index is 11.9. The molecule has 7 heteroatoms. The van der Waals surface area contributed by atoms with Crippen molar-refractivity contribution in [1.29, 1.82) is 0 Å². The van der Waals surface area contributed by atoms with E-state index in [0.717, 1.165) is 13.1 Å². The second kappa shape index (κ2) is 6.33. The summed E-state index contributed by atoms with van der Waals surface area (Å²) in [5.74, 6) is 0.402. The zero-order chi connectivity index (χ0) is 14.5. The molecule has 0 aromatic heterocycles. The lowest BCUT2D eigenvalue weighted by Crippen LogP contribution is -2.47. The largest absolute Gasteiger partial charge is 0.484 e. The molecule has 1 aromatic carbocycles. The van der Waals surface area contributed by atoms with Crippen molar-refractivity contribution >= 4 is 11.6 Å². The van der Waals surface area contributed by atoms with Crippen molar-refractivity contribution in [3.8, 4) is 5.75 Å². The standard InChI is InChI=1S/C13H17N3O4/c1-10-8-11(2-3-12(10)16(18)19)20-9-13(17)15-6-4-14-5-7-15/h2-3,8,14H,4-7,9H2,1H3. The van der Waals surface area contributed by atoms with Gasteiger partial charge in [-0.3, -0.25) is 14.9 Å². The van der Waals surface area contributed by atoms with Crippen molar-refractivity contribution in [1.82, 2.24) is 10.2 Å². The van der Waals surface area contributed by atoms with Crippen molar-refractivity contribution in [3.63, 3.8) is 0 Å². The van der Waals surface area contributed by atoms with E-state index in [1.807, 2.05) is 0 Å². The molecule has 1 aromatic rings. The summed E-state index contributed by atoms with van der Waals surface area (Å²) < 4.78 is 5.40. The molecule has 1 fully saturated rings. The molecule has 1 aliphatic heterocycles. The predicted octanol–water partition coefficient (Wildman–Crippen LogP) is 0.714. The van der Waals surface area contributed by atoms with Crippen LogP contribution in [0.25, 0.3) is 0 Å². The highest BCUT2D eigenvalue weighted by molar-refractivity contribution is 5.77. The van der Waals surface area contributed by atoms with E-state index in [2.05, 4.69) is 5.32 Å². The molecule has 2 rings (SSSR count). The number of ether oxygens (including phenoxy) is 1. The fourth-order valence-corrected chi connectivity index (χ4v) is 2.07. The molecule has 0 unspecified atom stereocenters. The Hall–Kier alpha value is -2.15. The van der Waals surface area contributed by atoms with Crippen LogP contribution in [-0.2, 0) is 4.79 Å². The zero-order valence-corrected chi connectivity index (χ0v) is 11.3. The minimum absolute atomic E-state index is 0.0444. The van der Waals surface area contributed by atoms with Crippen LogP contribution in [0.2, 0.25) is 0 Å². The fourth-order valence-electron chi connectivity index (χ4n) is 2.07. The van der Waals surface area contributed by atoms with Crippen LogP contribution in [0.4, 0.5) is 5.69 Å². The third kappa shape index (κ3) is 3.45. The van der Waals surface area contributed by atoms with Gasteiger partial charge in [-0.25, -0.2) is 0 Å². The average molecular weight is 279 g/mol. The Bertz CT molecular complexity index is 512. The highest BCUT2D eigenvalue weighted by Gasteiger charge is 2.17. The minimum Gasteiger partial charge on any atom is -0.484 e. The highest BCUT2D eigenvalue weighted by atomic mass is 16.6. The van der Waals surface area contributed by atoms with E-state index in [4.69, 9.17) is 4.74 Å². The number of nitro benzene ring substituents is 1. The smallest absolute Gasteiger partial charge is 0.272 e. The maximum absolute atomic E-state index is 11.9. The molecule has 7 nitrogen and oxygen atoms in total. The number of piperazine rings is 1. The Balaban J connectivity index is 1.92. The Morgan fingerprint density at radius 2 is 2.15 bits per heavy atom. The first-order chi connectivity index (χ1) is 9.58. The number of rotatable bonds is 4. The number of aryl methyl sites for hydroxylation is 1. The van der Waals surface area contributed by atoms with Gasteiger partial charge in [0.2, 0.25) is 0 Å². The zero-order valence-electron chi connectivity index (χ0n) is 11.3. The summed E-state index contributed by atoms with van der Waals surface area (Å²) in [6, 6.07) is 4.47. The molecule has 1 N–H and O–H groups in total. The van der Waals surface area contributed by atoms with Crippen molar-refractivity contribution in [2.24, 2.45) is 0 Å². The van der Waals surface area contributed by atoms with Gasteiger partial charge in [0.05, 0.1) is 4.92 Å². The van der Waals surface area contributed by atoms with Crippen LogP contribution in [0.3, 0.4) is 0 Å². The molecule has 1 aliphatic rings. The quantitative estimate of drug-likeness (QED) is 0.648. The molecule has 1 saturated heterocycles. The van der Waals surface area contributed by atoms with Gasteiger partial charge in [-0.1, -0.05) is 0 Å². The molecule has 1 heterocycles. The lowest BCUT2D eigenvalue weighted by atomic mass is 10.2. The van der Waals surface area contributed by atoms with Gasteiger partial charge < -0.3 is 15.0 Å². The number of carbonyl (C=O) groups excluding carboxylic acids is 1. The summed E-state index contributed by atoms with van der Waals surface area (Å²) in [5.41, 5.74) is 0.563. The number of hydrogen-bond acceptors (Lipinski definition) is 5. The molecule has 20 heavy (non-hydrogen) atoms. The summed E-state index contributed by atoms with van der Waals surface area (Å²) in [5, 5.41) is 13.9. The molecular formula is C13H17N3O4. The second-order valence-electron chi connectivity index (χ2n) is 4.62. The Kier molecular flexibility index (Phi) is 4.52. The SMILES string of the molecule is Cc1cc(OCC(=O)N2CCNCC2)ccc1[N+](=O)[O-]. The fraction of sp³-hybridized carbons (Fsp3) is 0.462. The van der Waals surface area contributed by atoms with E-state index in [1.54, 1.807) is 17.9 Å². The molecule has 0 atom stereocenters. The first-order valence-electron chi connectivity index (χ1n) is 6.44. The van der Waals surface area contributed by atoms with E-state index < -0.39 is 4.92 Å². The van der Waals surface area contributed by atoms with Crippen LogP contribution in [0.15, 0.2) is 18.2 Å². The summed E-state index contributed by atoms with van der Waals surface area (Å²) in [7, 11) is 0. The Morgan fingerprint density at radius 1 is 1.45 bits per heavy atom. The maximum Gasteiger partial charge on any atom is 0.272 e. The molecule has 108 valence electrons. The first-order valence-corrected chi connectivity index (χ1v) is 6.44. The van der Waals surface area contributed by atoms with Gasteiger partial charge in [-0.2, -0.15) is 0 Å². The van der Waals surface area contributed by atoms with Gasteiger partial charge >= 0.3 is 0 Å². The summed E-state index contributed by atoms with van der Waals surface area (Å²) in [6.07, 6.45) is 0. The van der Waals surface area contributed by atoms with Crippen molar-refractivity contribution in [2.45, 2.75) is 6.92 Å². The molecule has 0 aliphatic carbocycles. The predicted molar refractivity (Wildman–Crippen MR) is 72.8 cm³/mol. The number of nitro groups is 1. The molecule has 1 amide bonds. The van der Waals surface area contributed by atoms with Gasteiger partial charge in [0.1, 0.15) is 5.75 Å². The number of amides is 1. The summed E-state index contributed by atoms with van der Waals surface area (Å²) in [6.45, 7) is 4.55. The van der Waals surface area contributed by atoms with Gasteiger partial charge in [0.25, 0.3) is 11.6 Å². The topological polar surface area (TPSA) is 84.7 Å². The van der Waals surface area contributed by atoms with Crippen molar-refractivity contribution in [2.75, 3.05) is 32.8 Å². The van der Waals surface area contributed by atoms with E-state index in [-0.39, 0.29) is 18.2 Å². The van der Waals surface area contributed by atoms with Crippen molar-refractivity contribution in [3.05, 3.63) is 33.9 Å². The summed E-state index contributed by atoms with van der Waals surface area (Å²) >= 11 is 0. The lowest BCUT2D eigenvalue weighted by molar-refractivity contribution is -0.385. The Morgan fingerprint density at radius 3 is 2.75 bits per heavy atom. The monoisotopic (exact) mass is 279 g/mol. The lowest BCUT2D eigenvalue weighted by Gasteiger charge is -2.27. The number of benzene rings is 1. The molecule has 0 bridgehead atoms. The summed E-state index contributed by atoms with van der Waals surface area (Å²) in [4.78, 5) is 23.9. The van der Waals surface area contributed by atoms with Crippen LogP contribution < -0.4 is 10.1 Å².